The Morgan fingerprint density at radius 2 is 1.21 bits per heavy atom. The van der Waals surface area contributed by atoms with Crippen LogP contribution >= 0.6 is 0 Å². The van der Waals surface area contributed by atoms with Crippen molar-refractivity contribution in [1.29, 1.82) is 0 Å². The van der Waals surface area contributed by atoms with Crippen LogP contribution in [0.2, 0.25) is 0 Å². The Balaban J connectivity index is 5.56. The van der Waals surface area contributed by atoms with Gasteiger partial charge in [-0.05, 0) is 38.0 Å². The molecule has 0 fully saturated rings. The van der Waals surface area contributed by atoms with Crippen LogP contribution in [0.1, 0.15) is 52.4 Å². The summed E-state index contributed by atoms with van der Waals surface area (Å²) >= 11 is 0. The van der Waals surface area contributed by atoms with Crippen molar-refractivity contribution in [3.63, 3.8) is 0 Å². The quantitative estimate of drug-likeness (QED) is 0.0419. The summed E-state index contributed by atoms with van der Waals surface area (Å²) in [6, 6.07) is -4.75. The highest BCUT2D eigenvalue weighted by Gasteiger charge is 2.31. The number of aliphatic carboxylic acids is 2. The van der Waals surface area contributed by atoms with Crippen molar-refractivity contribution in [2.24, 2.45) is 44.6 Å². The zero-order valence-corrected chi connectivity index (χ0v) is 22.3. The smallest absolute Gasteiger partial charge is 0.326 e. The van der Waals surface area contributed by atoms with Crippen LogP contribution in [0.25, 0.3) is 0 Å². The Morgan fingerprint density at radius 1 is 0.718 bits per heavy atom. The molecule has 0 bridgehead atoms. The molecule has 3 amide bonds. The minimum absolute atomic E-state index is 0.0193. The zero-order valence-electron chi connectivity index (χ0n) is 22.3. The van der Waals surface area contributed by atoms with Gasteiger partial charge in [0.05, 0.1) is 6.04 Å². The third kappa shape index (κ3) is 15.6. The molecule has 0 heterocycles. The van der Waals surface area contributed by atoms with Gasteiger partial charge in [-0.15, -0.1) is 0 Å². The molecule has 17 nitrogen and oxygen atoms in total. The molecule has 0 radical (unpaired) electrons. The summed E-state index contributed by atoms with van der Waals surface area (Å²) in [7, 11) is 0. The molecule has 0 saturated carbocycles. The van der Waals surface area contributed by atoms with E-state index in [-0.39, 0.29) is 63.5 Å². The highest BCUT2D eigenvalue weighted by Crippen LogP contribution is 2.08. The molecule has 0 aliphatic rings. The van der Waals surface area contributed by atoms with Crippen LogP contribution in [0.3, 0.4) is 0 Å². The van der Waals surface area contributed by atoms with Gasteiger partial charge < -0.3 is 54.8 Å². The van der Waals surface area contributed by atoms with Crippen LogP contribution in [0.15, 0.2) is 9.98 Å². The fourth-order valence-electron chi connectivity index (χ4n) is 3.27. The SMILES string of the molecule is CC(C)C(NC(=O)C(N)CCC(=O)O)C(=O)NC(CCCN=C(N)N)C(=O)NC(CCCN=C(N)N)C(=O)O. The lowest BCUT2D eigenvalue weighted by molar-refractivity contribution is -0.142. The molecule has 15 N–H and O–H groups in total. The number of carboxylic acid groups (broad SMARTS) is 2. The monoisotopic (exact) mass is 558 g/mol. The van der Waals surface area contributed by atoms with Gasteiger partial charge in [0.15, 0.2) is 11.9 Å². The van der Waals surface area contributed by atoms with Crippen LogP contribution in [0.4, 0.5) is 0 Å². The van der Waals surface area contributed by atoms with Gasteiger partial charge in [0.2, 0.25) is 17.7 Å². The van der Waals surface area contributed by atoms with Gasteiger partial charge >= 0.3 is 11.9 Å². The van der Waals surface area contributed by atoms with Gasteiger partial charge in [-0.3, -0.25) is 29.2 Å². The second kappa shape index (κ2) is 18.2. The number of aliphatic imine (C=N–C) groups is 2. The summed E-state index contributed by atoms with van der Waals surface area (Å²) in [6.07, 6.45) is 0.125. The van der Waals surface area contributed by atoms with E-state index >= 15 is 0 Å². The molecule has 0 aliphatic carbocycles. The predicted octanol–water partition coefficient (Wildman–Crippen LogP) is -3.52. The predicted molar refractivity (Wildman–Crippen MR) is 143 cm³/mol. The molecule has 222 valence electrons. The van der Waals surface area contributed by atoms with E-state index < -0.39 is 59.7 Å². The van der Waals surface area contributed by atoms with Crippen molar-refractivity contribution in [2.75, 3.05) is 13.1 Å². The number of carboxylic acids is 2. The number of nitrogens with two attached hydrogens (primary N) is 5. The maximum Gasteiger partial charge on any atom is 0.326 e. The summed E-state index contributed by atoms with van der Waals surface area (Å²) in [4.78, 5) is 68.6. The third-order valence-electron chi connectivity index (χ3n) is 5.39. The van der Waals surface area contributed by atoms with E-state index in [1.165, 1.54) is 0 Å². The summed E-state index contributed by atoms with van der Waals surface area (Å²) in [6.45, 7) is 3.60. The second-order valence-electron chi connectivity index (χ2n) is 9.13. The Morgan fingerprint density at radius 3 is 1.64 bits per heavy atom. The van der Waals surface area contributed by atoms with E-state index in [4.69, 9.17) is 33.8 Å². The molecule has 39 heavy (non-hydrogen) atoms. The van der Waals surface area contributed by atoms with Gasteiger partial charge in [0, 0.05) is 19.5 Å². The lowest BCUT2D eigenvalue weighted by Gasteiger charge is -2.27. The average Bonchev–Trinajstić information content (AvgIpc) is 2.83. The van der Waals surface area contributed by atoms with Crippen LogP contribution < -0.4 is 44.6 Å². The Kier molecular flexibility index (Phi) is 16.2. The van der Waals surface area contributed by atoms with Crippen molar-refractivity contribution in [1.82, 2.24) is 16.0 Å². The number of carbonyl (C=O) groups is 5. The number of nitrogens with one attached hydrogen (secondary N) is 3. The molecule has 17 heteroatoms. The first-order chi connectivity index (χ1) is 18.1. The minimum atomic E-state index is -1.29. The number of hydrogen-bond acceptors (Lipinski definition) is 8. The lowest BCUT2D eigenvalue weighted by Crippen LogP contribution is -2.58. The first kappa shape index (κ1) is 34.9. The first-order valence-electron chi connectivity index (χ1n) is 12.4. The molecule has 4 unspecified atom stereocenters. The lowest BCUT2D eigenvalue weighted by atomic mass is 10.0. The minimum Gasteiger partial charge on any atom is -0.481 e. The van der Waals surface area contributed by atoms with Crippen molar-refractivity contribution >= 4 is 41.6 Å². The van der Waals surface area contributed by atoms with Crippen molar-refractivity contribution in [3.05, 3.63) is 0 Å². The number of carbonyl (C=O) groups excluding carboxylic acids is 3. The van der Waals surface area contributed by atoms with E-state index in [1.54, 1.807) is 13.8 Å². The normalized spacial score (nSPS) is 13.7. The molecular weight excluding hydrogens is 516 g/mol. The number of nitrogens with zero attached hydrogens (tertiary/aromatic N) is 2. The standard InChI is InChI=1S/C22H42N10O7/c1-11(2)16(32-17(35)12(23)7-8-15(33)34)19(37)30-13(5-3-9-28-21(24)25)18(36)31-14(20(38)39)6-4-10-29-22(26)27/h11-14,16H,3-10,23H2,1-2H3,(H,30,37)(H,31,36)(H,32,35)(H,33,34)(H,38,39)(H4,24,25,28)(H4,26,27,29). The van der Waals surface area contributed by atoms with Crippen LogP contribution in [0, 0.1) is 5.92 Å². The Hall–Kier alpha value is -4.15. The van der Waals surface area contributed by atoms with E-state index in [2.05, 4.69) is 25.9 Å². The van der Waals surface area contributed by atoms with Gasteiger partial charge in [-0.2, -0.15) is 0 Å². The third-order valence-corrected chi connectivity index (χ3v) is 5.39. The van der Waals surface area contributed by atoms with Gasteiger partial charge in [-0.25, -0.2) is 4.79 Å². The zero-order chi connectivity index (χ0) is 30.1. The number of rotatable bonds is 19. The summed E-state index contributed by atoms with van der Waals surface area (Å²) in [5.74, 6) is -5.38. The number of hydrogen-bond donors (Lipinski definition) is 10. The van der Waals surface area contributed by atoms with E-state index in [0.717, 1.165) is 0 Å². The second-order valence-corrected chi connectivity index (χ2v) is 9.13. The van der Waals surface area contributed by atoms with E-state index in [9.17, 15) is 29.1 Å². The molecule has 0 aromatic rings. The van der Waals surface area contributed by atoms with Crippen LogP contribution in [-0.4, -0.2) is 89.0 Å². The van der Waals surface area contributed by atoms with E-state index in [1.807, 2.05) is 0 Å². The average molecular weight is 559 g/mol. The summed E-state index contributed by atoms with van der Waals surface area (Å²) in [5, 5.41) is 25.8. The number of amides is 3. The van der Waals surface area contributed by atoms with Gasteiger partial charge in [-0.1, -0.05) is 13.8 Å². The fraction of sp³-hybridized carbons (Fsp3) is 0.682. The molecule has 0 aromatic carbocycles. The molecule has 0 saturated heterocycles. The molecule has 0 rings (SSSR count). The molecule has 0 aliphatic heterocycles. The van der Waals surface area contributed by atoms with Crippen molar-refractivity contribution < 1.29 is 34.2 Å². The summed E-state index contributed by atoms with van der Waals surface area (Å²) < 4.78 is 0. The topological polar surface area (TPSA) is 317 Å². The molecule has 4 atom stereocenters. The highest BCUT2D eigenvalue weighted by molar-refractivity contribution is 5.94. The van der Waals surface area contributed by atoms with Gasteiger partial charge in [0.1, 0.15) is 18.1 Å². The molecule has 0 aromatic heterocycles. The van der Waals surface area contributed by atoms with E-state index in [0.29, 0.717) is 0 Å². The fourth-order valence-corrected chi connectivity index (χ4v) is 3.27. The largest absolute Gasteiger partial charge is 0.481 e. The maximum absolute atomic E-state index is 13.1. The highest BCUT2D eigenvalue weighted by atomic mass is 16.4. The molecular formula is C22H42N10O7. The van der Waals surface area contributed by atoms with Crippen LogP contribution in [0.5, 0.6) is 0 Å². The molecule has 0 spiro atoms. The Bertz CT molecular complexity index is 902. The van der Waals surface area contributed by atoms with Gasteiger partial charge in [0.25, 0.3) is 0 Å². The van der Waals surface area contributed by atoms with Crippen molar-refractivity contribution in [2.45, 2.75) is 76.5 Å². The maximum atomic E-state index is 13.1. The Labute approximate surface area is 226 Å². The number of guanidine groups is 2. The summed E-state index contributed by atoms with van der Waals surface area (Å²) in [5.41, 5.74) is 26.9. The first-order valence-corrected chi connectivity index (χ1v) is 12.4. The van der Waals surface area contributed by atoms with Crippen LogP contribution in [-0.2, 0) is 24.0 Å². The van der Waals surface area contributed by atoms with Crippen molar-refractivity contribution in [3.8, 4) is 0 Å².